The van der Waals surface area contributed by atoms with E-state index in [1.165, 1.54) is 12.2 Å². The Balaban J connectivity index is 4.04. The number of aliphatic imine (C=N–C) groups is 1. The maximum absolute atomic E-state index is 6.72. The second-order valence-electron chi connectivity index (χ2n) is 1.54. The lowest BCUT2D eigenvalue weighted by Gasteiger charge is -2.12. The molecule has 0 unspecified atom stereocenters. The molecule has 0 radical (unpaired) electrons. The highest BCUT2D eigenvalue weighted by atomic mass is 16.7. The predicted molar refractivity (Wildman–Crippen MR) is 38.3 cm³/mol. The summed E-state index contributed by atoms with van der Waals surface area (Å²) in [6.07, 6.45) is 0. The molecule has 0 fully saturated rings. The molecule has 0 aliphatic rings. The SMILES string of the molecule is CON(C)/C(N)=N/C(=N)N. The number of rotatable bonds is 1. The Bertz CT molecular complexity index is 154. The fraction of sp³-hybridized carbons (Fsp3) is 0.500. The first kappa shape index (κ1) is 8.70. The van der Waals surface area contributed by atoms with Crippen molar-refractivity contribution in [3.63, 3.8) is 0 Å². The minimum Gasteiger partial charge on any atom is -0.368 e. The average molecular weight is 145 g/mol. The molecule has 0 aromatic heterocycles. The zero-order valence-corrected chi connectivity index (χ0v) is 5.96. The van der Waals surface area contributed by atoms with Gasteiger partial charge < -0.3 is 11.5 Å². The molecule has 6 nitrogen and oxygen atoms in total. The smallest absolute Gasteiger partial charge is 0.223 e. The van der Waals surface area contributed by atoms with Gasteiger partial charge >= 0.3 is 0 Å². The summed E-state index contributed by atoms with van der Waals surface area (Å²) in [6, 6.07) is 0. The van der Waals surface area contributed by atoms with Crippen molar-refractivity contribution in [2.45, 2.75) is 0 Å². The Hall–Kier alpha value is -1.30. The highest BCUT2D eigenvalue weighted by molar-refractivity contribution is 5.91. The van der Waals surface area contributed by atoms with Crippen LogP contribution in [0.4, 0.5) is 0 Å². The van der Waals surface area contributed by atoms with Gasteiger partial charge in [-0.2, -0.15) is 4.99 Å². The lowest BCUT2D eigenvalue weighted by molar-refractivity contribution is -0.0428. The lowest BCUT2D eigenvalue weighted by atomic mass is 10.9. The van der Waals surface area contributed by atoms with Gasteiger partial charge in [-0.15, -0.1) is 0 Å². The van der Waals surface area contributed by atoms with Crippen molar-refractivity contribution in [3.8, 4) is 0 Å². The largest absolute Gasteiger partial charge is 0.368 e. The Kier molecular flexibility index (Phi) is 3.20. The molecular weight excluding hydrogens is 134 g/mol. The fourth-order valence-electron chi connectivity index (χ4n) is 0.287. The Morgan fingerprint density at radius 2 is 2.10 bits per heavy atom. The Labute approximate surface area is 58.9 Å². The van der Waals surface area contributed by atoms with Gasteiger partial charge in [0, 0.05) is 7.05 Å². The van der Waals surface area contributed by atoms with Crippen LogP contribution in [0.2, 0.25) is 0 Å². The normalized spacial score (nSPS) is 11.2. The molecule has 0 aromatic carbocycles. The summed E-state index contributed by atoms with van der Waals surface area (Å²) in [7, 11) is 2.99. The second kappa shape index (κ2) is 3.67. The van der Waals surface area contributed by atoms with Gasteiger partial charge in [0.2, 0.25) is 11.9 Å². The number of nitrogens with one attached hydrogen (secondary N) is 1. The fourth-order valence-corrected chi connectivity index (χ4v) is 0.287. The van der Waals surface area contributed by atoms with Gasteiger partial charge in [-0.3, -0.25) is 10.2 Å². The first-order chi connectivity index (χ1) is 4.57. The molecule has 5 N–H and O–H groups in total. The minimum absolute atomic E-state index is 0.0509. The van der Waals surface area contributed by atoms with E-state index >= 15 is 0 Å². The highest BCUT2D eigenvalue weighted by Crippen LogP contribution is 1.79. The van der Waals surface area contributed by atoms with Crippen molar-refractivity contribution in [1.82, 2.24) is 5.06 Å². The van der Waals surface area contributed by atoms with Crippen LogP contribution in [0.25, 0.3) is 0 Å². The van der Waals surface area contributed by atoms with Crippen molar-refractivity contribution in [2.24, 2.45) is 16.5 Å². The summed E-state index contributed by atoms with van der Waals surface area (Å²) in [5.74, 6) is -0.295. The zero-order valence-electron chi connectivity index (χ0n) is 5.96. The molecule has 0 atom stereocenters. The third kappa shape index (κ3) is 2.88. The van der Waals surface area contributed by atoms with Crippen molar-refractivity contribution in [2.75, 3.05) is 14.2 Å². The third-order valence-corrected chi connectivity index (χ3v) is 0.831. The molecule has 0 bridgehead atoms. The minimum atomic E-state index is -0.346. The second-order valence-corrected chi connectivity index (χ2v) is 1.54. The molecule has 0 saturated heterocycles. The summed E-state index contributed by atoms with van der Waals surface area (Å²) in [5, 5.41) is 7.92. The number of hydrogen-bond donors (Lipinski definition) is 3. The van der Waals surface area contributed by atoms with Crippen molar-refractivity contribution in [3.05, 3.63) is 0 Å². The molecule has 0 rings (SSSR count). The van der Waals surface area contributed by atoms with Gasteiger partial charge in [-0.05, 0) is 0 Å². The van der Waals surface area contributed by atoms with E-state index in [0.29, 0.717) is 0 Å². The number of hydrogen-bond acceptors (Lipinski definition) is 2. The summed E-state index contributed by atoms with van der Waals surface area (Å²) >= 11 is 0. The molecule has 0 amide bonds. The van der Waals surface area contributed by atoms with Crippen LogP contribution >= 0.6 is 0 Å². The number of hydroxylamine groups is 2. The monoisotopic (exact) mass is 145 g/mol. The number of nitrogens with two attached hydrogens (primary N) is 2. The van der Waals surface area contributed by atoms with E-state index in [2.05, 4.69) is 9.83 Å². The predicted octanol–water partition coefficient (Wildman–Crippen LogP) is -1.31. The van der Waals surface area contributed by atoms with Crippen LogP contribution in [-0.4, -0.2) is 31.1 Å². The van der Waals surface area contributed by atoms with Gasteiger partial charge in [0.05, 0.1) is 7.11 Å². The van der Waals surface area contributed by atoms with Gasteiger partial charge in [-0.25, -0.2) is 5.06 Å². The van der Waals surface area contributed by atoms with Crippen molar-refractivity contribution < 1.29 is 4.84 Å². The first-order valence-corrected chi connectivity index (χ1v) is 2.54. The molecule has 0 spiro atoms. The maximum Gasteiger partial charge on any atom is 0.223 e. The summed E-state index contributed by atoms with van der Waals surface area (Å²) in [4.78, 5) is 8.04. The van der Waals surface area contributed by atoms with Gasteiger partial charge in [0.15, 0.2) is 0 Å². The highest BCUT2D eigenvalue weighted by Gasteiger charge is 1.97. The molecular formula is C4H11N5O. The van der Waals surface area contributed by atoms with Crippen LogP contribution < -0.4 is 11.5 Å². The Morgan fingerprint density at radius 1 is 1.60 bits per heavy atom. The van der Waals surface area contributed by atoms with E-state index in [9.17, 15) is 0 Å². The molecule has 0 aromatic rings. The quantitative estimate of drug-likeness (QED) is 0.242. The zero-order chi connectivity index (χ0) is 8.15. The van der Waals surface area contributed by atoms with Crippen molar-refractivity contribution in [1.29, 1.82) is 5.41 Å². The molecule has 0 aliphatic carbocycles. The van der Waals surface area contributed by atoms with E-state index in [1.807, 2.05) is 0 Å². The lowest BCUT2D eigenvalue weighted by Crippen LogP contribution is -2.34. The van der Waals surface area contributed by atoms with Crippen LogP contribution in [0.3, 0.4) is 0 Å². The Morgan fingerprint density at radius 3 is 2.40 bits per heavy atom. The van der Waals surface area contributed by atoms with Crippen LogP contribution in [0.15, 0.2) is 4.99 Å². The van der Waals surface area contributed by atoms with Gasteiger partial charge in [0.25, 0.3) is 0 Å². The summed E-state index contributed by atoms with van der Waals surface area (Å²) in [5.41, 5.74) is 10.2. The molecule has 0 saturated carbocycles. The summed E-state index contributed by atoms with van der Waals surface area (Å²) < 4.78 is 0. The summed E-state index contributed by atoms with van der Waals surface area (Å²) in [6.45, 7) is 0. The van der Waals surface area contributed by atoms with E-state index in [-0.39, 0.29) is 11.9 Å². The molecule has 0 aliphatic heterocycles. The standard InChI is InChI=1S/C4H11N5O/c1-9(10-2)4(7)8-3(5)6/h1-2H3,(H5,5,6,7,8). The van der Waals surface area contributed by atoms with Crippen LogP contribution in [0, 0.1) is 5.41 Å². The van der Waals surface area contributed by atoms with Crippen LogP contribution in [0.1, 0.15) is 0 Å². The van der Waals surface area contributed by atoms with Gasteiger partial charge in [-0.1, -0.05) is 0 Å². The topological polar surface area (TPSA) is 101 Å². The number of nitrogens with zero attached hydrogens (tertiary/aromatic N) is 2. The maximum atomic E-state index is 6.72. The molecule has 6 heteroatoms. The molecule has 0 heterocycles. The number of guanidine groups is 2. The van der Waals surface area contributed by atoms with E-state index in [4.69, 9.17) is 16.9 Å². The molecule has 10 heavy (non-hydrogen) atoms. The van der Waals surface area contributed by atoms with E-state index < -0.39 is 0 Å². The van der Waals surface area contributed by atoms with Gasteiger partial charge in [0.1, 0.15) is 0 Å². The average Bonchev–Trinajstić information content (AvgIpc) is 1.85. The van der Waals surface area contributed by atoms with E-state index in [1.54, 1.807) is 7.05 Å². The van der Waals surface area contributed by atoms with Crippen LogP contribution in [0.5, 0.6) is 0 Å². The van der Waals surface area contributed by atoms with E-state index in [0.717, 1.165) is 0 Å². The first-order valence-electron chi connectivity index (χ1n) is 2.54. The third-order valence-electron chi connectivity index (χ3n) is 0.831. The molecule has 58 valence electrons. The van der Waals surface area contributed by atoms with Crippen molar-refractivity contribution >= 4 is 11.9 Å². The van der Waals surface area contributed by atoms with Crippen LogP contribution in [-0.2, 0) is 4.84 Å².